The van der Waals surface area contributed by atoms with Gasteiger partial charge in [0.15, 0.2) is 0 Å². The molecule has 1 fully saturated rings. The van der Waals surface area contributed by atoms with Crippen molar-refractivity contribution in [3.8, 4) is 5.75 Å². The van der Waals surface area contributed by atoms with E-state index in [0.717, 1.165) is 55.4 Å². The van der Waals surface area contributed by atoms with Gasteiger partial charge in [-0.25, -0.2) is 5.06 Å². The number of ether oxygens (including phenoxy) is 1. The van der Waals surface area contributed by atoms with Gasteiger partial charge >= 0.3 is 5.97 Å². The number of carbonyl (C=O) groups excluding carboxylic acids is 1. The van der Waals surface area contributed by atoms with E-state index in [9.17, 15) is 14.7 Å². The van der Waals surface area contributed by atoms with E-state index in [1.54, 1.807) is 0 Å². The third-order valence-corrected chi connectivity index (χ3v) is 7.36. The van der Waals surface area contributed by atoms with Crippen molar-refractivity contribution in [3.63, 3.8) is 0 Å². The second kappa shape index (κ2) is 12.2. The Kier molecular flexibility index (Phi) is 9.59. The molecule has 3 rings (SSSR count). The number of benzene rings is 1. The van der Waals surface area contributed by atoms with E-state index in [2.05, 4.69) is 31.7 Å². The molecule has 3 atom stereocenters. The predicted octanol–water partition coefficient (Wildman–Crippen LogP) is 4.89. The molecular weight excluding hydrogens is 444 g/mol. The monoisotopic (exact) mass is 488 g/mol. The van der Waals surface area contributed by atoms with Crippen LogP contribution >= 0.6 is 0 Å². The van der Waals surface area contributed by atoms with Crippen molar-refractivity contribution in [2.45, 2.75) is 85.1 Å². The highest BCUT2D eigenvalue weighted by atomic mass is 16.7. The third kappa shape index (κ3) is 6.76. The maximum absolute atomic E-state index is 13.3. The number of hydrogen-bond donors (Lipinski definition) is 1. The minimum absolute atomic E-state index is 0.0170. The Bertz CT molecular complexity index is 871. The van der Waals surface area contributed by atoms with Gasteiger partial charge < -0.3 is 9.84 Å². The van der Waals surface area contributed by atoms with E-state index in [1.807, 2.05) is 26.0 Å². The maximum atomic E-state index is 13.3. The van der Waals surface area contributed by atoms with Crippen LogP contribution < -0.4 is 4.74 Å². The molecule has 0 radical (unpaired) electrons. The van der Waals surface area contributed by atoms with Crippen LogP contribution in [-0.4, -0.2) is 65.8 Å². The molecule has 0 saturated carbocycles. The lowest BCUT2D eigenvalue weighted by molar-refractivity contribution is -0.188. The van der Waals surface area contributed by atoms with Crippen molar-refractivity contribution in [2.24, 2.45) is 11.3 Å². The lowest BCUT2D eigenvalue weighted by atomic mass is 9.76. The van der Waals surface area contributed by atoms with Gasteiger partial charge in [-0.3, -0.25) is 19.3 Å². The molecule has 1 aromatic carbocycles. The molecule has 1 saturated heterocycles. The first-order valence-corrected chi connectivity index (χ1v) is 13.4. The average Bonchev–Trinajstić information content (AvgIpc) is 3.40. The van der Waals surface area contributed by atoms with Crippen LogP contribution in [0.3, 0.4) is 0 Å². The SMILES string of the molecule is CCCON(CCC)C(=O)CN1C[C@H](c2ccc3c(c2)CCO3)[C@@H](C(=O)O)[C@@H]1CC(C)(C)CCC. The number of amides is 1. The number of likely N-dealkylation sites (tertiary alicyclic amines) is 1. The van der Waals surface area contributed by atoms with Crippen LogP contribution in [-0.2, 0) is 20.8 Å². The standard InChI is InChI=1S/C28H44N2O5/c1-6-12-28(4,5)17-23-26(27(32)33)22(20-9-10-24-21(16-20)11-15-34-24)18-29(23)19-25(31)30(13-7-2)35-14-8-3/h9-10,16,22-23,26H,6-8,11-15,17-19H2,1-5H3,(H,32,33)/t22-,23+,26-/m1/s1. The zero-order valence-electron chi connectivity index (χ0n) is 22.2. The molecule has 0 aliphatic carbocycles. The number of carboxylic acid groups (broad SMARTS) is 1. The van der Waals surface area contributed by atoms with Crippen LogP contribution in [0.15, 0.2) is 18.2 Å². The van der Waals surface area contributed by atoms with Crippen LogP contribution in [0.1, 0.15) is 83.8 Å². The van der Waals surface area contributed by atoms with E-state index < -0.39 is 11.9 Å². The maximum Gasteiger partial charge on any atom is 0.308 e. The number of carbonyl (C=O) groups is 2. The third-order valence-electron chi connectivity index (χ3n) is 7.36. The summed E-state index contributed by atoms with van der Waals surface area (Å²) in [6.07, 6.45) is 5.28. The largest absolute Gasteiger partial charge is 0.493 e. The Hall–Kier alpha value is -2.12. The quantitative estimate of drug-likeness (QED) is 0.399. The highest BCUT2D eigenvalue weighted by molar-refractivity contribution is 5.78. The fourth-order valence-electron chi connectivity index (χ4n) is 5.78. The first-order chi connectivity index (χ1) is 16.7. The second-order valence-corrected chi connectivity index (χ2v) is 10.9. The van der Waals surface area contributed by atoms with Gasteiger partial charge in [-0.05, 0) is 48.3 Å². The summed E-state index contributed by atoms with van der Waals surface area (Å²) < 4.78 is 5.67. The molecule has 0 unspecified atom stereocenters. The highest BCUT2D eigenvalue weighted by Gasteiger charge is 2.48. The Balaban J connectivity index is 1.91. The summed E-state index contributed by atoms with van der Waals surface area (Å²) in [6.45, 7) is 13.0. The molecule has 0 spiro atoms. The van der Waals surface area contributed by atoms with E-state index in [1.165, 1.54) is 5.06 Å². The molecule has 2 aliphatic rings. The lowest BCUT2D eigenvalue weighted by Crippen LogP contribution is -2.45. The zero-order valence-corrected chi connectivity index (χ0v) is 22.2. The summed E-state index contributed by atoms with van der Waals surface area (Å²) in [5.74, 6) is -0.729. The molecule has 35 heavy (non-hydrogen) atoms. The molecule has 2 aliphatic heterocycles. The summed E-state index contributed by atoms with van der Waals surface area (Å²) >= 11 is 0. The predicted molar refractivity (Wildman–Crippen MR) is 136 cm³/mol. The normalized spacial score (nSPS) is 22.1. The van der Waals surface area contributed by atoms with Crippen molar-refractivity contribution in [1.29, 1.82) is 0 Å². The molecule has 1 N–H and O–H groups in total. The van der Waals surface area contributed by atoms with E-state index >= 15 is 0 Å². The van der Waals surface area contributed by atoms with Gasteiger partial charge in [0.25, 0.3) is 5.91 Å². The molecule has 7 heteroatoms. The molecule has 7 nitrogen and oxygen atoms in total. The van der Waals surface area contributed by atoms with Gasteiger partial charge in [0.1, 0.15) is 5.75 Å². The van der Waals surface area contributed by atoms with Crippen molar-refractivity contribution < 1.29 is 24.3 Å². The molecule has 196 valence electrons. The van der Waals surface area contributed by atoms with E-state index in [4.69, 9.17) is 9.57 Å². The van der Waals surface area contributed by atoms with Crippen molar-refractivity contribution >= 4 is 11.9 Å². The number of rotatable bonds is 13. The molecule has 0 bridgehead atoms. The Morgan fingerprint density at radius 2 is 1.97 bits per heavy atom. The average molecular weight is 489 g/mol. The van der Waals surface area contributed by atoms with Gasteiger partial charge in [0.2, 0.25) is 0 Å². The van der Waals surface area contributed by atoms with E-state index in [-0.39, 0.29) is 29.8 Å². The van der Waals surface area contributed by atoms with Gasteiger partial charge in [0.05, 0.1) is 25.7 Å². The van der Waals surface area contributed by atoms with Crippen molar-refractivity contribution in [3.05, 3.63) is 29.3 Å². The topological polar surface area (TPSA) is 79.3 Å². The summed E-state index contributed by atoms with van der Waals surface area (Å²) in [6, 6.07) is 5.89. The molecule has 2 heterocycles. The number of hydroxylamine groups is 2. The Labute approximate surface area is 210 Å². The van der Waals surface area contributed by atoms with Gasteiger partial charge in [0, 0.05) is 31.5 Å². The van der Waals surface area contributed by atoms with Crippen LogP contribution in [0.4, 0.5) is 0 Å². The second-order valence-electron chi connectivity index (χ2n) is 10.9. The van der Waals surface area contributed by atoms with Gasteiger partial charge in [-0.15, -0.1) is 0 Å². The van der Waals surface area contributed by atoms with Crippen molar-refractivity contribution in [2.75, 3.05) is 32.8 Å². The number of aliphatic carboxylic acids is 1. The first-order valence-electron chi connectivity index (χ1n) is 13.4. The number of nitrogens with zero attached hydrogens (tertiary/aromatic N) is 2. The van der Waals surface area contributed by atoms with Crippen LogP contribution in [0.5, 0.6) is 5.75 Å². The number of fused-ring (bicyclic) bond motifs is 1. The molecule has 1 aromatic rings. The minimum atomic E-state index is -0.786. The van der Waals surface area contributed by atoms with Crippen LogP contribution in [0, 0.1) is 11.3 Å². The lowest BCUT2D eigenvalue weighted by Gasteiger charge is -2.35. The summed E-state index contributed by atoms with van der Waals surface area (Å²) in [5, 5.41) is 11.9. The highest BCUT2D eigenvalue weighted by Crippen LogP contribution is 2.44. The summed E-state index contributed by atoms with van der Waals surface area (Å²) in [5.41, 5.74) is 2.16. The van der Waals surface area contributed by atoms with Crippen LogP contribution in [0.2, 0.25) is 0 Å². The van der Waals surface area contributed by atoms with Gasteiger partial charge in [-0.2, -0.15) is 0 Å². The summed E-state index contributed by atoms with van der Waals surface area (Å²) in [7, 11) is 0. The van der Waals surface area contributed by atoms with Crippen molar-refractivity contribution in [1.82, 2.24) is 9.96 Å². The smallest absolute Gasteiger partial charge is 0.308 e. The number of carboxylic acids is 1. The summed E-state index contributed by atoms with van der Waals surface area (Å²) in [4.78, 5) is 33.9. The van der Waals surface area contributed by atoms with E-state index in [0.29, 0.717) is 26.3 Å². The Morgan fingerprint density at radius 1 is 1.20 bits per heavy atom. The first kappa shape index (κ1) is 27.5. The number of hydrogen-bond acceptors (Lipinski definition) is 5. The van der Waals surface area contributed by atoms with Crippen LogP contribution in [0.25, 0.3) is 0 Å². The molecular formula is C28H44N2O5. The molecule has 1 amide bonds. The zero-order chi connectivity index (χ0) is 25.6. The molecule has 0 aromatic heterocycles. The van der Waals surface area contributed by atoms with Gasteiger partial charge in [-0.1, -0.05) is 53.2 Å². The Morgan fingerprint density at radius 3 is 2.63 bits per heavy atom. The minimum Gasteiger partial charge on any atom is -0.493 e. The fraction of sp³-hybridized carbons (Fsp3) is 0.714. The fourth-order valence-corrected chi connectivity index (χ4v) is 5.78.